The van der Waals surface area contributed by atoms with Crippen molar-refractivity contribution >= 4 is 5.91 Å². The van der Waals surface area contributed by atoms with E-state index in [2.05, 4.69) is 15.5 Å². The number of aromatic nitrogens is 4. The first-order valence-electron chi connectivity index (χ1n) is 7.75. The van der Waals surface area contributed by atoms with Crippen LogP contribution in [-0.4, -0.2) is 39.2 Å². The van der Waals surface area contributed by atoms with E-state index in [9.17, 15) is 9.59 Å². The molecule has 0 saturated heterocycles. The highest BCUT2D eigenvalue weighted by Gasteiger charge is 2.20. The van der Waals surface area contributed by atoms with Crippen molar-refractivity contribution in [2.24, 2.45) is 7.05 Å². The first kappa shape index (κ1) is 16.7. The Morgan fingerprint density at radius 1 is 1.32 bits per heavy atom. The van der Waals surface area contributed by atoms with Crippen LogP contribution in [-0.2, 0) is 11.8 Å². The van der Waals surface area contributed by atoms with Crippen LogP contribution in [0.15, 0.2) is 53.5 Å². The molecule has 2 heterocycles. The first-order valence-corrected chi connectivity index (χ1v) is 7.75. The molecule has 1 atom stereocenters. The van der Waals surface area contributed by atoms with Crippen LogP contribution in [0.5, 0.6) is 0 Å². The fraction of sp³-hybridized carbons (Fsp3) is 0.235. The number of carbonyl (C=O) groups is 1. The molecule has 0 aliphatic rings. The van der Waals surface area contributed by atoms with Gasteiger partial charge >= 0.3 is 0 Å². The SMILES string of the molecule is COC[C@H](NC(=O)c1cc(=O)n(-c2ccccc2)[nH]1)c1ccnn1C. The second-order valence-corrected chi connectivity index (χ2v) is 5.54. The van der Waals surface area contributed by atoms with Gasteiger partial charge in [-0.25, -0.2) is 4.68 Å². The van der Waals surface area contributed by atoms with Crippen molar-refractivity contribution in [3.63, 3.8) is 0 Å². The quantitative estimate of drug-likeness (QED) is 0.700. The van der Waals surface area contributed by atoms with E-state index >= 15 is 0 Å². The molecule has 1 aromatic carbocycles. The molecule has 0 radical (unpaired) electrons. The molecule has 0 spiro atoms. The largest absolute Gasteiger partial charge is 0.382 e. The number of aryl methyl sites for hydroxylation is 1. The maximum absolute atomic E-state index is 12.6. The summed E-state index contributed by atoms with van der Waals surface area (Å²) in [5.41, 5.74) is 1.34. The summed E-state index contributed by atoms with van der Waals surface area (Å²) in [7, 11) is 3.35. The molecular weight excluding hydrogens is 322 g/mol. The van der Waals surface area contributed by atoms with Gasteiger partial charge < -0.3 is 10.1 Å². The Balaban J connectivity index is 1.83. The van der Waals surface area contributed by atoms with Gasteiger partial charge in [-0.3, -0.25) is 19.4 Å². The van der Waals surface area contributed by atoms with Crippen molar-refractivity contribution in [2.75, 3.05) is 13.7 Å². The molecular formula is C17H19N5O3. The summed E-state index contributed by atoms with van der Waals surface area (Å²) < 4.78 is 8.18. The van der Waals surface area contributed by atoms with Crippen molar-refractivity contribution in [3.8, 4) is 5.69 Å². The summed E-state index contributed by atoms with van der Waals surface area (Å²) in [5.74, 6) is -0.393. The molecule has 130 valence electrons. The van der Waals surface area contributed by atoms with Gasteiger partial charge in [-0.2, -0.15) is 5.10 Å². The molecule has 0 fully saturated rings. The number of nitrogens with one attached hydrogen (secondary N) is 2. The van der Waals surface area contributed by atoms with Gasteiger partial charge in [0.15, 0.2) is 0 Å². The van der Waals surface area contributed by atoms with Gasteiger partial charge in [0, 0.05) is 26.4 Å². The van der Waals surface area contributed by atoms with E-state index in [0.29, 0.717) is 5.69 Å². The topological polar surface area (TPSA) is 93.9 Å². The van der Waals surface area contributed by atoms with Crippen LogP contribution in [0.4, 0.5) is 0 Å². The molecule has 2 aromatic heterocycles. The van der Waals surface area contributed by atoms with Crippen LogP contribution in [0, 0.1) is 0 Å². The fourth-order valence-electron chi connectivity index (χ4n) is 2.61. The minimum atomic E-state index is -0.393. The highest BCUT2D eigenvalue weighted by molar-refractivity contribution is 5.92. The molecule has 0 unspecified atom stereocenters. The zero-order valence-corrected chi connectivity index (χ0v) is 14.0. The van der Waals surface area contributed by atoms with Gasteiger partial charge in [0.05, 0.1) is 24.0 Å². The van der Waals surface area contributed by atoms with E-state index in [4.69, 9.17) is 4.74 Å². The molecule has 0 aliphatic heterocycles. The Kier molecular flexibility index (Phi) is 4.80. The molecule has 0 bridgehead atoms. The number of amides is 1. The number of carbonyl (C=O) groups excluding carboxylic acids is 1. The van der Waals surface area contributed by atoms with Crippen LogP contribution in [0.3, 0.4) is 0 Å². The van der Waals surface area contributed by atoms with Crippen LogP contribution in [0.25, 0.3) is 5.69 Å². The maximum Gasteiger partial charge on any atom is 0.271 e. The monoisotopic (exact) mass is 341 g/mol. The Morgan fingerprint density at radius 2 is 2.08 bits per heavy atom. The lowest BCUT2D eigenvalue weighted by atomic mass is 10.2. The van der Waals surface area contributed by atoms with Crippen LogP contribution < -0.4 is 10.9 Å². The van der Waals surface area contributed by atoms with E-state index < -0.39 is 5.91 Å². The number of H-pyrrole nitrogens is 1. The number of nitrogens with zero attached hydrogens (tertiary/aromatic N) is 3. The van der Waals surface area contributed by atoms with Gasteiger partial charge in [-0.1, -0.05) is 18.2 Å². The third kappa shape index (κ3) is 3.53. The standard InChI is InChI=1S/C17H19N5O3/c1-21-15(8-9-18-21)14(11-25-2)19-17(24)13-10-16(23)22(20-13)12-6-4-3-5-7-12/h3-10,14,20H,11H2,1-2H3,(H,19,24)/t14-/m0/s1. The minimum absolute atomic E-state index is 0.178. The number of methoxy groups -OCH3 is 1. The number of rotatable bonds is 6. The lowest BCUT2D eigenvalue weighted by Crippen LogP contribution is -2.33. The van der Waals surface area contributed by atoms with E-state index in [0.717, 1.165) is 5.69 Å². The van der Waals surface area contributed by atoms with E-state index in [1.54, 1.807) is 37.2 Å². The van der Waals surface area contributed by atoms with Crippen molar-refractivity contribution in [2.45, 2.75) is 6.04 Å². The zero-order valence-electron chi connectivity index (χ0n) is 14.0. The third-order valence-corrected chi connectivity index (χ3v) is 3.83. The third-order valence-electron chi connectivity index (χ3n) is 3.83. The van der Waals surface area contributed by atoms with Crippen LogP contribution in [0.1, 0.15) is 22.2 Å². The molecule has 3 aromatic rings. The van der Waals surface area contributed by atoms with E-state index in [1.165, 1.54) is 10.7 Å². The molecule has 8 heteroatoms. The summed E-state index contributed by atoms with van der Waals surface area (Å²) in [5, 5.41) is 9.80. The van der Waals surface area contributed by atoms with Crippen molar-refractivity contribution < 1.29 is 9.53 Å². The Morgan fingerprint density at radius 3 is 2.72 bits per heavy atom. The molecule has 25 heavy (non-hydrogen) atoms. The molecule has 1 amide bonds. The predicted octanol–water partition coefficient (Wildman–Crippen LogP) is 1.02. The molecule has 2 N–H and O–H groups in total. The maximum atomic E-state index is 12.6. The van der Waals surface area contributed by atoms with Crippen molar-refractivity contribution in [1.29, 1.82) is 0 Å². The van der Waals surface area contributed by atoms with Gasteiger partial charge in [-0.15, -0.1) is 0 Å². The predicted molar refractivity (Wildman–Crippen MR) is 91.7 cm³/mol. The lowest BCUT2D eigenvalue weighted by molar-refractivity contribution is 0.0887. The summed E-state index contributed by atoms with van der Waals surface area (Å²) in [4.78, 5) is 24.7. The first-order chi connectivity index (χ1) is 12.1. The molecule has 8 nitrogen and oxygen atoms in total. The average molecular weight is 341 g/mol. The fourth-order valence-corrected chi connectivity index (χ4v) is 2.61. The zero-order chi connectivity index (χ0) is 17.8. The number of hydrogen-bond donors (Lipinski definition) is 2. The number of ether oxygens (including phenoxy) is 1. The second kappa shape index (κ2) is 7.18. The minimum Gasteiger partial charge on any atom is -0.382 e. The number of hydrogen-bond acceptors (Lipinski definition) is 4. The Bertz CT molecular complexity index is 910. The normalized spacial score (nSPS) is 12.1. The number of aromatic amines is 1. The number of para-hydroxylation sites is 1. The molecule has 0 aliphatic carbocycles. The second-order valence-electron chi connectivity index (χ2n) is 5.54. The van der Waals surface area contributed by atoms with Crippen LogP contribution in [0.2, 0.25) is 0 Å². The average Bonchev–Trinajstić information content (AvgIpc) is 3.21. The highest BCUT2D eigenvalue weighted by atomic mass is 16.5. The van der Waals surface area contributed by atoms with Gasteiger partial charge in [0.2, 0.25) is 0 Å². The van der Waals surface area contributed by atoms with Crippen molar-refractivity contribution in [1.82, 2.24) is 24.9 Å². The Hall–Kier alpha value is -3.13. The molecule has 0 saturated carbocycles. The van der Waals surface area contributed by atoms with Crippen molar-refractivity contribution in [3.05, 3.63) is 70.4 Å². The Labute approximate surface area is 144 Å². The summed E-state index contributed by atoms with van der Waals surface area (Å²) in [6, 6.07) is 11.8. The van der Waals surface area contributed by atoms with Gasteiger partial charge in [0.1, 0.15) is 5.69 Å². The summed E-state index contributed by atoms with van der Waals surface area (Å²) in [6.45, 7) is 0.287. The van der Waals surface area contributed by atoms with Gasteiger partial charge in [0.25, 0.3) is 11.5 Å². The van der Waals surface area contributed by atoms with Crippen LogP contribution >= 0.6 is 0 Å². The number of benzene rings is 1. The highest BCUT2D eigenvalue weighted by Crippen LogP contribution is 2.13. The van der Waals surface area contributed by atoms with E-state index in [1.807, 2.05) is 24.3 Å². The summed E-state index contributed by atoms with van der Waals surface area (Å²) >= 11 is 0. The molecule has 3 rings (SSSR count). The van der Waals surface area contributed by atoms with E-state index in [-0.39, 0.29) is 23.9 Å². The van der Waals surface area contributed by atoms with Gasteiger partial charge in [-0.05, 0) is 18.2 Å². The lowest BCUT2D eigenvalue weighted by Gasteiger charge is -2.17. The smallest absolute Gasteiger partial charge is 0.271 e. The summed E-state index contributed by atoms with van der Waals surface area (Å²) in [6.07, 6.45) is 1.65.